The second kappa shape index (κ2) is 7.35. The van der Waals surface area contributed by atoms with Crippen LogP contribution in [-0.2, 0) is 0 Å². The van der Waals surface area contributed by atoms with E-state index in [1.807, 2.05) is 60.5 Å². The maximum Gasteiger partial charge on any atom is 0.232 e. The molecular formula is C22H21N7. The molecular weight excluding hydrogens is 362 g/mol. The standard InChI is InChI=1S/C22H21N7/c1-29(17-8-5-11-23-14-17)22-24-18(15-6-3-2-4-7-15)12-20(26-22)25-21-13-19(27-28-21)16-9-10-16/h2-8,11-14,16H,9-10H2,1H3,(H2,24,25,26,27,28). The van der Waals surface area contributed by atoms with Gasteiger partial charge in [-0.05, 0) is 25.0 Å². The van der Waals surface area contributed by atoms with E-state index in [4.69, 9.17) is 9.97 Å². The lowest BCUT2D eigenvalue weighted by Gasteiger charge is -2.18. The van der Waals surface area contributed by atoms with Gasteiger partial charge in [0.05, 0.1) is 17.6 Å². The van der Waals surface area contributed by atoms with Crippen molar-refractivity contribution in [2.24, 2.45) is 0 Å². The number of benzene rings is 1. The van der Waals surface area contributed by atoms with E-state index in [2.05, 4.69) is 26.6 Å². The minimum atomic E-state index is 0.583. The van der Waals surface area contributed by atoms with E-state index in [-0.39, 0.29) is 0 Å². The number of rotatable bonds is 6. The van der Waals surface area contributed by atoms with E-state index in [1.54, 1.807) is 12.4 Å². The third-order valence-corrected chi connectivity index (χ3v) is 4.99. The molecule has 29 heavy (non-hydrogen) atoms. The van der Waals surface area contributed by atoms with Crippen LogP contribution in [0.4, 0.5) is 23.3 Å². The van der Waals surface area contributed by atoms with E-state index < -0.39 is 0 Å². The summed E-state index contributed by atoms with van der Waals surface area (Å²) in [7, 11) is 1.94. The maximum atomic E-state index is 4.78. The van der Waals surface area contributed by atoms with Gasteiger partial charge < -0.3 is 10.2 Å². The molecule has 1 aliphatic rings. The van der Waals surface area contributed by atoms with Crippen LogP contribution in [0.2, 0.25) is 0 Å². The molecule has 0 bridgehead atoms. The van der Waals surface area contributed by atoms with Gasteiger partial charge in [0, 0.05) is 42.6 Å². The highest BCUT2D eigenvalue weighted by Crippen LogP contribution is 2.39. The third kappa shape index (κ3) is 3.80. The zero-order valence-corrected chi connectivity index (χ0v) is 16.1. The molecule has 7 nitrogen and oxygen atoms in total. The van der Waals surface area contributed by atoms with Crippen molar-refractivity contribution in [1.29, 1.82) is 0 Å². The molecule has 3 heterocycles. The van der Waals surface area contributed by atoms with Crippen molar-refractivity contribution in [3.63, 3.8) is 0 Å². The lowest BCUT2D eigenvalue weighted by atomic mass is 10.1. The summed E-state index contributed by atoms with van der Waals surface area (Å²) in [5.74, 6) is 2.66. The number of hydrogen-bond acceptors (Lipinski definition) is 6. The quantitative estimate of drug-likeness (QED) is 0.504. The summed E-state index contributed by atoms with van der Waals surface area (Å²) in [6.07, 6.45) is 6.00. The number of nitrogens with one attached hydrogen (secondary N) is 2. The molecule has 0 saturated heterocycles. The molecule has 0 atom stereocenters. The van der Waals surface area contributed by atoms with Crippen LogP contribution in [-0.4, -0.2) is 32.2 Å². The lowest BCUT2D eigenvalue weighted by molar-refractivity contribution is 0.966. The summed E-state index contributed by atoms with van der Waals surface area (Å²) in [6, 6.07) is 18.0. The van der Waals surface area contributed by atoms with Crippen molar-refractivity contribution in [3.8, 4) is 11.3 Å². The van der Waals surface area contributed by atoms with Crippen LogP contribution in [0.3, 0.4) is 0 Å². The summed E-state index contributed by atoms with van der Waals surface area (Å²) in [6.45, 7) is 0. The van der Waals surface area contributed by atoms with Gasteiger partial charge in [-0.2, -0.15) is 10.1 Å². The molecule has 1 fully saturated rings. The number of aromatic nitrogens is 5. The minimum Gasteiger partial charge on any atom is -0.323 e. The van der Waals surface area contributed by atoms with Crippen molar-refractivity contribution in [3.05, 3.63) is 72.7 Å². The van der Waals surface area contributed by atoms with Crippen LogP contribution >= 0.6 is 0 Å². The summed E-state index contributed by atoms with van der Waals surface area (Å²) >= 11 is 0. The first-order valence-electron chi connectivity index (χ1n) is 9.67. The molecule has 3 aromatic heterocycles. The number of H-pyrrole nitrogens is 1. The van der Waals surface area contributed by atoms with Gasteiger partial charge in [-0.25, -0.2) is 4.98 Å². The predicted molar refractivity (Wildman–Crippen MR) is 114 cm³/mol. The van der Waals surface area contributed by atoms with Gasteiger partial charge in [0.15, 0.2) is 5.82 Å². The Hall–Kier alpha value is -3.74. The molecule has 0 unspecified atom stereocenters. The Morgan fingerprint density at radius 3 is 2.62 bits per heavy atom. The Morgan fingerprint density at radius 1 is 1.00 bits per heavy atom. The van der Waals surface area contributed by atoms with Crippen molar-refractivity contribution >= 4 is 23.3 Å². The molecule has 1 saturated carbocycles. The molecule has 2 N–H and O–H groups in total. The van der Waals surface area contributed by atoms with Gasteiger partial charge in [0.25, 0.3) is 0 Å². The molecule has 144 valence electrons. The molecule has 0 amide bonds. The summed E-state index contributed by atoms with van der Waals surface area (Å²) < 4.78 is 0. The zero-order chi connectivity index (χ0) is 19.6. The Labute approximate surface area is 168 Å². The monoisotopic (exact) mass is 383 g/mol. The van der Waals surface area contributed by atoms with Crippen LogP contribution in [0.15, 0.2) is 67.0 Å². The average molecular weight is 383 g/mol. The maximum absolute atomic E-state index is 4.78. The second-order valence-corrected chi connectivity index (χ2v) is 7.18. The fourth-order valence-electron chi connectivity index (χ4n) is 3.21. The highest BCUT2D eigenvalue weighted by Gasteiger charge is 2.25. The fraction of sp³-hybridized carbons (Fsp3) is 0.182. The molecule has 1 aliphatic carbocycles. The molecule has 4 aromatic rings. The van der Waals surface area contributed by atoms with Gasteiger partial charge in [0.2, 0.25) is 5.95 Å². The molecule has 7 heteroatoms. The van der Waals surface area contributed by atoms with Gasteiger partial charge in [-0.15, -0.1) is 0 Å². The van der Waals surface area contributed by atoms with Crippen LogP contribution < -0.4 is 10.2 Å². The van der Waals surface area contributed by atoms with E-state index in [1.165, 1.54) is 18.5 Å². The topological polar surface area (TPSA) is 82.6 Å². The summed E-state index contributed by atoms with van der Waals surface area (Å²) in [4.78, 5) is 15.6. The molecule has 1 aromatic carbocycles. The minimum absolute atomic E-state index is 0.583. The van der Waals surface area contributed by atoms with Crippen molar-refractivity contribution in [2.45, 2.75) is 18.8 Å². The SMILES string of the molecule is CN(c1cccnc1)c1nc(Nc2cc(C3CC3)[nH]n2)cc(-c2ccccc2)n1. The van der Waals surface area contributed by atoms with Gasteiger partial charge in [0.1, 0.15) is 5.82 Å². The smallest absolute Gasteiger partial charge is 0.232 e. The number of hydrogen-bond donors (Lipinski definition) is 2. The highest BCUT2D eigenvalue weighted by atomic mass is 15.3. The number of nitrogens with zero attached hydrogens (tertiary/aromatic N) is 5. The molecule has 5 rings (SSSR count). The Kier molecular flexibility index (Phi) is 4.40. The Bertz CT molecular complexity index is 1100. The normalized spacial score (nSPS) is 13.3. The van der Waals surface area contributed by atoms with E-state index >= 15 is 0 Å². The van der Waals surface area contributed by atoms with E-state index in [9.17, 15) is 0 Å². The van der Waals surface area contributed by atoms with E-state index in [0.717, 1.165) is 22.8 Å². The molecule has 0 radical (unpaired) electrons. The van der Waals surface area contributed by atoms with Crippen molar-refractivity contribution < 1.29 is 0 Å². The first kappa shape index (κ1) is 17.4. The summed E-state index contributed by atoms with van der Waals surface area (Å²) in [5, 5.41) is 10.8. The largest absolute Gasteiger partial charge is 0.323 e. The van der Waals surface area contributed by atoms with Crippen molar-refractivity contribution in [2.75, 3.05) is 17.3 Å². The number of aromatic amines is 1. The van der Waals surface area contributed by atoms with Crippen LogP contribution in [0, 0.1) is 0 Å². The predicted octanol–water partition coefficient (Wildman–Crippen LogP) is 4.65. The van der Waals surface area contributed by atoms with Gasteiger partial charge in [-0.1, -0.05) is 30.3 Å². The molecule has 0 aliphatic heterocycles. The van der Waals surface area contributed by atoms with Gasteiger partial charge >= 0.3 is 0 Å². The third-order valence-electron chi connectivity index (χ3n) is 4.99. The number of pyridine rings is 1. The Morgan fingerprint density at radius 2 is 1.86 bits per heavy atom. The summed E-state index contributed by atoms with van der Waals surface area (Å²) in [5.41, 5.74) is 3.96. The molecule has 0 spiro atoms. The lowest BCUT2D eigenvalue weighted by Crippen LogP contribution is -2.14. The Balaban J connectivity index is 1.52. The first-order chi connectivity index (χ1) is 14.3. The van der Waals surface area contributed by atoms with Gasteiger partial charge in [-0.3, -0.25) is 10.1 Å². The average Bonchev–Trinajstić information content (AvgIpc) is 3.53. The van der Waals surface area contributed by atoms with Crippen molar-refractivity contribution in [1.82, 2.24) is 25.1 Å². The fourth-order valence-corrected chi connectivity index (χ4v) is 3.21. The van der Waals surface area contributed by atoms with Crippen LogP contribution in [0.25, 0.3) is 11.3 Å². The first-order valence-corrected chi connectivity index (χ1v) is 9.67. The van der Waals surface area contributed by atoms with E-state index in [0.29, 0.717) is 17.7 Å². The zero-order valence-electron chi connectivity index (χ0n) is 16.1. The van der Waals surface area contributed by atoms with Crippen LogP contribution in [0.1, 0.15) is 24.5 Å². The number of anilines is 4. The van der Waals surface area contributed by atoms with Crippen LogP contribution in [0.5, 0.6) is 0 Å². The highest BCUT2D eigenvalue weighted by molar-refractivity contribution is 5.68. The second-order valence-electron chi connectivity index (χ2n) is 7.18.